The van der Waals surface area contributed by atoms with Gasteiger partial charge in [0.05, 0.1) is 12.5 Å². The maximum absolute atomic E-state index is 13.6. The molecule has 0 unspecified atom stereocenters. The third kappa shape index (κ3) is 5.00. The lowest BCUT2D eigenvalue weighted by Crippen LogP contribution is -2.44. The fourth-order valence-electron chi connectivity index (χ4n) is 3.56. The first kappa shape index (κ1) is 21.4. The van der Waals surface area contributed by atoms with Gasteiger partial charge in [0.15, 0.2) is 0 Å². The van der Waals surface area contributed by atoms with Crippen molar-refractivity contribution < 1.29 is 14.0 Å². The molecule has 1 saturated heterocycles. The zero-order chi connectivity index (χ0) is 21.1. The van der Waals surface area contributed by atoms with Crippen LogP contribution in [0.1, 0.15) is 29.2 Å². The zero-order valence-corrected chi connectivity index (χ0v) is 17.7. The summed E-state index contributed by atoms with van der Waals surface area (Å²) in [6.07, 6.45) is 0.115. The van der Waals surface area contributed by atoms with E-state index in [1.807, 2.05) is 0 Å². The van der Waals surface area contributed by atoms with Crippen molar-refractivity contribution in [3.8, 4) is 0 Å². The highest BCUT2D eigenvalue weighted by Crippen LogP contribution is 2.30. The first-order chi connectivity index (χ1) is 13.8. The van der Waals surface area contributed by atoms with Gasteiger partial charge in [-0.25, -0.2) is 9.18 Å². The maximum atomic E-state index is 13.6. The van der Waals surface area contributed by atoms with Gasteiger partial charge in [0.25, 0.3) is 0 Å². The topological polar surface area (TPSA) is 52.7 Å². The first-order valence-electron chi connectivity index (χ1n) is 9.24. The van der Waals surface area contributed by atoms with E-state index in [9.17, 15) is 14.0 Å². The summed E-state index contributed by atoms with van der Waals surface area (Å²) in [4.78, 5) is 28.7. The number of rotatable bonds is 3. The molecular weight excluding hydrogens is 416 g/mol. The number of hydrogen-bond donors (Lipinski definition) is 1. The number of nitrogens with zero attached hydrogens (tertiary/aromatic N) is 2. The minimum Gasteiger partial charge on any atom is -0.354 e. The normalized spacial score (nSPS) is 16.9. The number of urea groups is 1. The maximum Gasteiger partial charge on any atom is 0.320 e. The van der Waals surface area contributed by atoms with E-state index in [-0.39, 0.29) is 30.7 Å². The smallest absolute Gasteiger partial charge is 0.320 e. The van der Waals surface area contributed by atoms with E-state index in [4.69, 9.17) is 23.2 Å². The highest BCUT2D eigenvalue weighted by Gasteiger charge is 2.32. The Labute approximate surface area is 179 Å². The van der Waals surface area contributed by atoms with Crippen LogP contribution in [0.15, 0.2) is 36.4 Å². The van der Waals surface area contributed by atoms with E-state index >= 15 is 0 Å². The summed E-state index contributed by atoms with van der Waals surface area (Å²) in [6.45, 7) is 2.75. The molecule has 8 heteroatoms. The monoisotopic (exact) mass is 437 g/mol. The third-order valence-corrected chi connectivity index (χ3v) is 5.61. The van der Waals surface area contributed by atoms with Crippen molar-refractivity contribution in [3.05, 3.63) is 69.0 Å². The van der Waals surface area contributed by atoms with Gasteiger partial charge in [0.2, 0.25) is 5.91 Å². The van der Waals surface area contributed by atoms with Crippen molar-refractivity contribution in [1.29, 1.82) is 0 Å². The van der Waals surface area contributed by atoms with Gasteiger partial charge in [-0.15, -0.1) is 0 Å². The molecule has 0 spiro atoms. The second kappa shape index (κ2) is 9.01. The van der Waals surface area contributed by atoms with E-state index in [0.29, 0.717) is 28.7 Å². The molecule has 2 aromatic rings. The largest absolute Gasteiger partial charge is 0.354 e. The van der Waals surface area contributed by atoms with Crippen LogP contribution >= 0.6 is 23.2 Å². The number of nitrogens with one attached hydrogen (secondary N) is 1. The molecular formula is C21H22Cl2FN3O2. The van der Waals surface area contributed by atoms with Crippen molar-refractivity contribution in [2.75, 3.05) is 20.1 Å². The Kier molecular flexibility index (Phi) is 6.65. The van der Waals surface area contributed by atoms with Gasteiger partial charge in [-0.2, -0.15) is 0 Å². The molecule has 1 N–H and O–H groups in total. The van der Waals surface area contributed by atoms with E-state index in [2.05, 4.69) is 5.32 Å². The number of aryl methyl sites for hydroxylation is 1. The lowest BCUT2D eigenvalue weighted by atomic mass is 9.97. The summed E-state index contributed by atoms with van der Waals surface area (Å²) in [5.74, 6) is -0.496. The van der Waals surface area contributed by atoms with Gasteiger partial charge >= 0.3 is 6.03 Å². The lowest BCUT2D eigenvalue weighted by molar-refractivity contribution is -0.121. The van der Waals surface area contributed by atoms with Crippen molar-refractivity contribution in [2.24, 2.45) is 0 Å². The number of amides is 3. The number of carbonyl (C=O) groups is 2. The average Bonchev–Trinajstić information content (AvgIpc) is 2.85. The van der Waals surface area contributed by atoms with E-state index in [0.717, 1.165) is 11.1 Å². The lowest BCUT2D eigenvalue weighted by Gasteiger charge is -2.34. The Morgan fingerprint density at radius 3 is 2.76 bits per heavy atom. The highest BCUT2D eigenvalue weighted by molar-refractivity contribution is 6.33. The van der Waals surface area contributed by atoms with Crippen molar-refractivity contribution in [1.82, 2.24) is 15.1 Å². The zero-order valence-electron chi connectivity index (χ0n) is 16.2. The number of hydrogen-bond acceptors (Lipinski definition) is 2. The molecule has 1 fully saturated rings. The molecule has 1 atom stereocenters. The van der Waals surface area contributed by atoms with Crippen LogP contribution in [-0.2, 0) is 11.3 Å². The Hall–Kier alpha value is -2.31. The van der Waals surface area contributed by atoms with Crippen LogP contribution in [0, 0.1) is 12.7 Å². The fraction of sp³-hybridized carbons (Fsp3) is 0.333. The molecule has 1 heterocycles. The predicted molar refractivity (Wildman–Crippen MR) is 112 cm³/mol. The molecule has 3 rings (SSSR count). The molecule has 5 nitrogen and oxygen atoms in total. The van der Waals surface area contributed by atoms with Crippen LogP contribution in [0.3, 0.4) is 0 Å². The first-order valence-corrected chi connectivity index (χ1v) is 10.00. The van der Waals surface area contributed by atoms with Crippen LogP contribution < -0.4 is 5.32 Å². The molecule has 0 radical (unpaired) electrons. The Balaban J connectivity index is 1.88. The highest BCUT2D eigenvalue weighted by atomic mass is 35.5. The second-order valence-corrected chi connectivity index (χ2v) is 7.98. The number of benzene rings is 2. The summed E-state index contributed by atoms with van der Waals surface area (Å²) < 4.78 is 13.6. The van der Waals surface area contributed by atoms with Crippen LogP contribution in [-0.4, -0.2) is 41.9 Å². The van der Waals surface area contributed by atoms with E-state index < -0.39 is 6.04 Å². The van der Waals surface area contributed by atoms with Gasteiger partial charge in [0.1, 0.15) is 5.82 Å². The molecule has 2 aromatic carbocycles. The van der Waals surface area contributed by atoms with Gasteiger partial charge in [-0.3, -0.25) is 4.79 Å². The van der Waals surface area contributed by atoms with Gasteiger partial charge in [-0.05, 0) is 53.9 Å². The summed E-state index contributed by atoms with van der Waals surface area (Å²) in [6, 6.07) is 8.78. The molecule has 0 bridgehead atoms. The second-order valence-electron chi connectivity index (χ2n) is 7.14. The van der Waals surface area contributed by atoms with Gasteiger partial charge in [-0.1, -0.05) is 29.3 Å². The molecule has 0 saturated carbocycles. The quantitative estimate of drug-likeness (QED) is 0.764. The molecule has 3 amide bonds. The van der Waals surface area contributed by atoms with Crippen LogP contribution in [0.25, 0.3) is 0 Å². The Bertz CT molecular complexity index is 938. The molecule has 0 aliphatic carbocycles. The van der Waals surface area contributed by atoms with Crippen molar-refractivity contribution >= 4 is 35.1 Å². The predicted octanol–water partition coefficient (Wildman–Crippen LogP) is 4.56. The number of halogens is 3. The third-order valence-electron chi connectivity index (χ3n) is 5.01. The summed E-state index contributed by atoms with van der Waals surface area (Å²) >= 11 is 12.3. The standard InChI is InChI=1S/C21H22Cl2FN3O2/c1-13-9-16(24)4-5-17(13)19-11-20(28)25-7-8-27(19)21(29)26(2)12-14-10-15(22)3-6-18(14)23/h3-6,9-10,19H,7-8,11-12H2,1-2H3,(H,25,28)/t19-/m1/s1. The molecule has 154 valence electrons. The average molecular weight is 438 g/mol. The van der Waals surface area contributed by atoms with Crippen LogP contribution in [0.4, 0.5) is 9.18 Å². The van der Waals surface area contributed by atoms with Gasteiger partial charge < -0.3 is 15.1 Å². The van der Waals surface area contributed by atoms with E-state index in [1.54, 1.807) is 48.0 Å². The Morgan fingerprint density at radius 1 is 1.28 bits per heavy atom. The molecule has 0 aromatic heterocycles. The minimum absolute atomic E-state index is 0.115. The van der Waals surface area contributed by atoms with E-state index in [1.165, 1.54) is 12.1 Å². The SMILES string of the molecule is Cc1cc(F)ccc1[C@H]1CC(=O)NCCN1C(=O)N(C)Cc1cc(Cl)ccc1Cl. The van der Waals surface area contributed by atoms with Crippen molar-refractivity contribution in [2.45, 2.75) is 25.9 Å². The van der Waals surface area contributed by atoms with Gasteiger partial charge in [0, 0.05) is 36.7 Å². The summed E-state index contributed by atoms with van der Waals surface area (Å²) in [7, 11) is 1.67. The fourth-order valence-corrected chi connectivity index (χ4v) is 3.93. The van der Waals surface area contributed by atoms with Crippen LogP contribution in [0.5, 0.6) is 0 Å². The summed E-state index contributed by atoms with van der Waals surface area (Å²) in [5.41, 5.74) is 2.18. The molecule has 29 heavy (non-hydrogen) atoms. The van der Waals surface area contributed by atoms with Crippen molar-refractivity contribution in [3.63, 3.8) is 0 Å². The molecule has 1 aliphatic heterocycles. The molecule has 1 aliphatic rings. The Morgan fingerprint density at radius 2 is 2.03 bits per heavy atom. The minimum atomic E-state index is -0.483. The summed E-state index contributed by atoms with van der Waals surface area (Å²) in [5, 5.41) is 3.86. The number of carbonyl (C=O) groups excluding carboxylic acids is 2. The van der Waals surface area contributed by atoms with Crippen LogP contribution in [0.2, 0.25) is 10.0 Å².